The molecule has 3 heterocycles. The fourth-order valence-electron chi connectivity index (χ4n) is 5.08. The van der Waals surface area contributed by atoms with Gasteiger partial charge < -0.3 is 4.90 Å². The highest BCUT2D eigenvalue weighted by molar-refractivity contribution is 6.31. The summed E-state index contributed by atoms with van der Waals surface area (Å²) in [5, 5.41) is 7.69. The fourth-order valence-corrected chi connectivity index (χ4v) is 5.37. The number of hydrogen-bond donors (Lipinski definition) is 0. The Morgan fingerprint density at radius 2 is 1.82 bits per heavy atom. The maximum absolute atomic E-state index is 13.8. The molecule has 1 saturated heterocycles. The van der Waals surface area contributed by atoms with Crippen molar-refractivity contribution in [1.29, 1.82) is 0 Å². The van der Waals surface area contributed by atoms with Crippen LogP contribution in [0.1, 0.15) is 31.7 Å². The number of carbonyl (C=O) groups is 1. The van der Waals surface area contributed by atoms with Gasteiger partial charge in [-0.3, -0.25) is 4.79 Å². The molecule has 3 aliphatic heterocycles. The van der Waals surface area contributed by atoms with Crippen LogP contribution in [0.15, 0.2) is 47.6 Å². The Kier molecular flexibility index (Phi) is 4.18. The summed E-state index contributed by atoms with van der Waals surface area (Å²) in [6.45, 7) is 2.95. The Balaban J connectivity index is 1.62. The van der Waals surface area contributed by atoms with Gasteiger partial charge in [-0.05, 0) is 74.6 Å². The second-order valence-electron chi connectivity index (χ2n) is 7.90. The first-order valence-corrected chi connectivity index (χ1v) is 10.5. The quantitative estimate of drug-likeness (QED) is 0.634. The molecule has 28 heavy (non-hydrogen) atoms. The van der Waals surface area contributed by atoms with Gasteiger partial charge in [0.1, 0.15) is 5.41 Å². The number of halogens is 2. The van der Waals surface area contributed by atoms with Crippen molar-refractivity contribution in [3.05, 3.63) is 58.1 Å². The van der Waals surface area contributed by atoms with E-state index in [-0.39, 0.29) is 11.9 Å². The van der Waals surface area contributed by atoms with E-state index in [1.165, 1.54) is 11.3 Å². The highest BCUT2D eigenvalue weighted by Crippen LogP contribution is 2.50. The molecule has 144 valence electrons. The van der Waals surface area contributed by atoms with Gasteiger partial charge in [0.2, 0.25) is 0 Å². The lowest BCUT2D eigenvalue weighted by molar-refractivity contribution is -0.125. The first kappa shape index (κ1) is 18.0. The van der Waals surface area contributed by atoms with Gasteiger partial charge in [-0.15, -0.1) is 0 Å². The number of rotatable bonds is 1. The highest BCUT2D eigenvalue weighted by atomic mass is 35.5. The number of fused-ring (bicyclic) bond motifs is 4. The zero-order valence-electron chi connectivity index (χ0n) is 15.7. The van der Waals surface area contributed by atoms with Gasteiger partial charge in [0.05, 0.1) is 11.4 Å². The van der Waals surface area contributed by atoms with E-state index in [0.717, 1.165) is 42.2 Å². The molecule has 4 nitrogen and oxygen atoms in total. The van der Waals surface area contributed by atoms with Crippen LogP contribution in [0, 0.1) is 5.41 Å². The molecule has 3 aliphatic rings. The molecule has 2 aromatic carbocycles. The van der Waals surface area contributed by atoms with Crippen molar-refractivity contribution < 1.29 is 4.79 Å². The molecular weight excluding hydrogens is 393 g/mol. The van der Waals surface area contributed by atoms with Crippen LogP contribution >= 0.6 is 23.2 Å². The lowest BCUT2D eigenvalue weighted by atomic mass is 9.66. The van der Waals surface area contributed by atoms with E-state index in [1.807, 2.05) is 31.2 Å². The molecular formula is C22H21Cl2N3O. The van der Waals surface area contributed by atoms with Crippen molar-refractivity contribution in [3.8, 4) is 0 Å². The molecule has 2 aromatic rings. The highest BCUT2D eigenvalue weighted by Gasteiger charge is 2.59. The zero-order chi connectivity index (χ0) is 19.5. The van der Waals surface area contributed by atoms with Crippen molar-refractivity contribution in [2.45, 2.75) is 38.6 Å². The molecule has 1 amide bonds. The van der Waals surface area contributed by atoms with E-state index in [1.54, 1.807) is 17.1 Å². The maximum Gasteiger partial charge on any atom is 0.261 e. The number of amides is 1. The van der Waals surface area contributed by atoms with E-state index in [0.29, 0.717) is 11.4 Å². The van der Waals surface area contributed by atoms with Crippen LogP contribution in [0.4, 0.5) is 11.4 Å². The molecule has 0 radical (unpaired) electrons. The average molecular weight is 414 g/mol. The van der Waals surface area contributed by atoms with Crippen LogP contribution in [-0.4, -0.2) is 24.2 Å². The molecule has 2 atom stereocenters. The average Bonchev–Trinajstić information content (AvgIpc) is 2.95. The maximum atomic E-state index is 13.8. The van der Waals surface area contributed by atoms with Crippen LogP contribution in [-0.2, 0) is 11.2 Å². The molecule has 0 bridgehead atoms. The summed E-state index contributed by atoms with van der Waals surface area (Å²) in [6, 6.07) is 13.4. The Bertz CT molecular complexity index is 988. The van der Waals surface area contributed by atoms with Crippen molar-refractivity contribution in [3.63, 3.8) is 0 Å². The van der Waals surface area contributed by atoms with E-state index < -0.39 is 5.41 Å². The predicted molar refractivity (Wildman–Crippen MR) is 115 cm³/mol. The SMILES string of the molecule is CC1=NN(c2ccc(Cl)cc2)C(=O)[C@]12Cc1ccc(Cl)cc1N1CCCC[C@@H]12. The van der Waals surface area contributed by atoms with Crippen LogP contribution < -0.4 is 9.91 Å². The topological polar surface area (TPSA) is 35.9 Å². The second kappa shape index (κ2) is 6.50. The normalized spacial score (nSPS) is 26.3. The van der Waals surface area contributed by atoms with Gasteiger partial charge in [0.15, 0.2) is 0 Å². The number of piperidine rings is 1. The summed E-state index contributed by atoms with van der Waals surface area (Å²) in [6.07, 6.45) is 3.90. The van der Waals surface area contributed by atoms with Crippen LogP contribution in [0.25, 0.3) is 0 Å². The van der Waals surface area contributed by atoms with E-state index in [4.69, 9.17) is 28.3 Å². The molecule has 6 heteroatoms. The summed E-state index contributed by atoms with van der Waals surface area (Å²) in [5.41, 5.74) is 3.37. The third kappa shape index (κ3) is 2.51. The third-order valence-corrected chi connectivity index (χ3v) is 6.93. The minimum Gasteiger partial charge on any atom is -0.367 e. The Hall–Kier alpha value is -2.04. The van der Waals surface area contributed by atoms with Gasteiger partial charge in [-0.1, -0.05) is 29.3 Å². The summed E-state index contributed by atoms with van der Waals surface area (Å²) >= 11 is 12.3. The summed E-state index contributed by atoms with van der Waals surface area (Å²) < 4.78 is 0. The van der Waals surface area contributed by atoms with Crippen LogP contribution in [0.5, 0.6) is 0 Å². The number of hydrazone groups is 1. The Morgan fingerprint density at radius 3 is 2.61 bits per heavy atom. The number of anilines is 2. The van der Waals surface area contributed by atoms with Gasteiger partial charge in [0.25, 0.3) is 5.91 Å². The summed E-state index contributed by atoms with van der Waals surface area (Å²) in [5.74, 6) is 0.0600. The molecule has 1 fully saturated rings. The lowest BCUT2D eigenvalue weighted by Gasteiger charge is -2.51. The molecule has 0 N–H and O–H groups in total. The molecule has 0 aromatic heterocycles. The number of carbonyl (C=O) groups excluding carboxylic acids is 1. The van der Waals surface area contributed by atoms with Gasteiger partial charge >= 0.3 is 0 Å². The van der Waals surface area contributed by atoms with Gasteiger partial charge in [-0.2, -0.15) is 10.1 Å². The van der Waals surface area contributed by atoms with Crippen molar-refractivity contribution >= 4 is 46.2 Å². The summed E-state index contributed by atoms with van der Waals surface area (Å²) in [7, 11) is 0. The predicted octanol–water partition coefficient (Wildman–Crippen LogP) is 5.32. The number of nitrogens with zero attached hydrogens (tertiary/aromatic N) is 3. The first-order chi connectivity index (χ1) is 13.5. The molecule has 0 aliphatic carbocycles. The van der Waals surface area contributed by atoms with Crippen LogP contribution in [0.3, 0.4) is 0 Å². The van der Waals surface area contributed by atoms with Crippen molar-refractivity contribution in [2.75, 3.05) is 16.5 Å². The molecule has 0 unspecified atom stereocenters. The monoisotopic (exact) mass is 413 g/mol. The van der Waals surface area contributed by atoms with Crippen LogP contribution in [0.2, 0.25) is 10.0 Å². The van der Waals surface area contributed by atoms with Crippen molar-refractivity contribution in [2.24, 2.45) is 10.5 Å². The van der Waals surface area contributed by atoms with E-state index in [9.17, 15) is 4.79 Å². The standard InChI is InChI=1S/C22H21Cl2N3O/c1-14-22(21(28)27(25-14)18-9-7-16(23)8-10-18)13-15-5-6-17(24)12-19(15)26-11-3-2-4-20(22)26/h5-10,12,20H,2-4,11,13H2,1H3/t20-,22-/m1/s1. The lowest BCUT2D eigenvalue weighted by Crippen LogP contribution is -2.61. The third-order valence-electron chi connectivity index (χ3n) is 6.44. The summed E-state index contributed by atoms with van der Waals surface area (Å²) in [4.78, 5) is 16.2. The molecule has 1 spiro atoms. The number of hydrogen-bond acceptors (Lipinski definition) is 3. The molecule has 0 saturated carbocycles. The van der Waals surface area contributed by atoms with Gasteiger partial charge in [-0.25, -0.2) is 0 Å². The van der Waals surface area contributed by atoms with E-state index in [2.05, 4.69) is 11.0 Å². The van der Waals surface area contributed by atoms with Gasteiger partial charge in [0, 0.05) is 28.3 Å². The molecule has 5 rings (SSSR count). The zero-order valence-corrected chi connectivity index (χ0v) is 17.2. The van der Waals surface area contributed by atoms with E-state index >= 15 is 0 Å². The largest absolute Gasteiger partial charge is 0.367 e. The smallest absolute Gasteiger partial charge is 0.261 e. The van der Waals surface area contributed by atoms with Crippen molar-refractivity contribution in [1.82, 2.24) is 0 Å². The Morgan fingerprint density at radius 1 is 1.07 bits per heavy atom. The Labute approximate surface area is 174 Å². The first-order valence-electron chi connectivity index (χ1n) is 9.71. The minimum atomic E-state index is -0.624. The fraction of sp³-hybridized carbons (Fsp3) is 0.364. The second-order valence-corrected chi connectivity index (χ2v) is 8.78. The number of benzene rings is 2. The minimum absolute atomic E-state index is 0.0600.